The molecule has 0 atom stereocenters. The lowest BCUT2D eigenvalue weighted by Gasteiger charge is -2.02. The highest BCUT2D eigenvalue weighted by atomic mass is 16.5. The lowest BCUT2D eigenvalue weighted by atomic mass is 10.1. The van der Waals surface area contributed by atoms with E-state index in [9.17, 15) is 4.79 Å². The number of nitrogens with one attached hydrogen (secondary N) is 1. The minimum Gasteiger partial charge on any atom is -0.497 e. The number of rotatable bonds is 8. The molecule has 2 aromatic rings. The van der Waals surface area contributed by atoms with Crippen LogP contribution in [-0.4, -0.2) is 38.4 Å². The summed E-state index contributed by atoms with van der Waals surface area (Å²) in [4.78, 5) is 12.0. The molecule has 1 aromatic carbocycles. The van der Waals surface area contributed by atoms with Crippen LogP contribution in [-0.2, 0) is 4.74 Å². The lowest BCUT2D eigenvalue weighted by Crippen LogP contribution is -2.24. The van der Waals surface area contributed by atoms with Crippen LogP contribution in [0.3, 0.4) is 0 Å². The van der Waals surface area contributed by atoms with E-state index in [4.69, 9.17) is 14.0 Å². The molecule has 1 aromatic heterocycles. The molecule has 0 saturated heterocycles. The minimum atomic E-state index is -0.240. The first kappa shape index (κ1) is 16.0. The molecule has 2 rings (SSSR count). The second kappa shape index (κ2) is 8.19. The molecule has 0 spiro atoms. The van der Waals surface area contributed by atoms with Crippen molar-refractivity contribution >= 4 is 5.91 Å². The Bertz CT molecular complexity index is 610. The van der Waals surface area contributed by atoms with Gasteiger partial charge in [-0.15, -0.1) is 0 Å². The highest BCUT2D eigenvalue weighted by molar-refractivity contribution is 5.93. The Labute approximate surface area is 129 Å². The summed E-state index contributed by atoms with van der Waals surface area (Å²) in [7, 11) is 3.26. The van der Waals surface area contributed by atoms with E-state index in [0.29, 0.717) is 18.9 Å². The van der Waals surface area contributed by atoms with Crippen molar-refractivity contribution in [2.24, 2.45) is 0 Å². The summed E-state index contributed by atoms with van der Waals surface area (Å²) >= 11 is 0. The van der Waals surface area contributed by atoms with Crippen molar-refractivity contribution in [2.45, 2.75) is 12.8 Å². The second-order valence-electron chi connectivity index (χ2n) is 4.76. The summed E-state index contributed by atoms with van der Waals surface area (Å²) < 4.78 is 15.3. The molecule has 0 radical (unpaired) electrons. The molecule has 0 fully saturated rings. The number of hydrogen-bond acceptors (Lipinski definition) is 5. The smallest absolute Gasteiger partial charge is 0.273 e. The Morgan fingerprint density at radius 3 is 2.91 bits per heavy atom. The Balaban J connectivity index is 1.94. The number of carbonyl (C=O) groups excluding carboxylic acids is 1. The van der Waals surface area contributed by atoms with Crippen LogP contribution in [0.25, 0.3) is 11.3 Å². The van der Waals surface area contributed by atoms with Gasteiger partial charge in [0.1, 0.15) is 5.75 Å². The van der Waals surface area contributed by atoms with Crippen LogP contribution >= 0.6 is 0 Å². The average molecular weight is 304 g/mol. The van der Waals surface area contributed by atoms with E-state index in [-0.39, 0.29) is 11.6 Å². The number of methoxy groups -OCH3 is 2. The van der Waals surface area contributed by atoms with E-state index in [1.165, 1.54) is 0 Å². The van der Waals surface area contributed by atoms with Gasteiger partial charge in [0, 0.05) is 31.9 Å². The molecule has 0 aliphatic rings. The van der Waals surface area contributed by atoms with Gasteiger partial charge in [-0.25, -0.2) is 0 Å². The minimum absolute atomic E-state index is 0.240. The predicted molar refractivity (Wildman–Crippen MR) is 81.9 cm³/mol. The van der Waals surface area contributed by atoms with Gasteiger partial charge in [-0.2, -0.15) is 0 Å². The molecule has 1 heterocycles. The summed E-state index contributed by atoms with van der Waals surface area (Å²) in [6, 6.07) is 9.02. The van der Waals surface area contributed by atoms with Gasteiger partial charge in [-0.05, 0) is 25.0 Å². The van der Waals surface area contributed by atoms with E-state index < -0.39 is 0 Å². The van der Waals surface area contributed by atoms with Crippen LogP contribution in [0.2, 0.25) is 0 Å². The van der Waals surface area contributed by atoms with Crippen LogP contribution < -0.4 is 10.1 Å². The SMILES string of the molecule is COCCCCNC(=O)c1cc(-c2cccc(OC)c2)on1. The van der Waals surface area contributed by atoms with Gasteiger partial charge in [0.15, 0.2) is 11.5 Å². The lowest BCUT2D eigenvalue weighted by molar-refractivity contribution is 0.0942. The fraction of sp³-hybridized carbons (Fsp3) is 0.375. The Kier molecular flexibility index (Phi) is 5.97. The normalized spacial score (nSPS) is 10.5. The fourth-order valence-electron chi connectivity index (χ4n) is 1.96. The average Bonchev–Trinajstić information content (AvgIpc) is 3.04. The van der Waals surface area contributed by atoms with Crippen molar-refractivity contribution in [3.05, 3.63) is 36.0 Å². The van der Waals surface area contributed by atoms with Crippen LogP contribution in [0.5, 0.6) is 5.75 Å². The molecule has 22 heavy (non-hydrogen) atoms. The third-order valence-corrected chi connectivity index (χ3v) is 3.16. The molecule has 0 saturated carbocycles. The van der Waals surface area contributed by atoms with Gasteiger partial charge in [-0.3, -0.25) is 4.79 Å². The third kappa shape index (κ3) is 4.33. The number of ether oxygens (including phenoxy) is 2. The highest BCUT2D eigenvalue weighted by Crippen LogP contribution is 2.24. The molecule has 0 aliphatic heterocycles. The van der Waals surface area contributed by atoms with Crippen LogP contribution in [0, 0.1) is 0 Å². The van der Waals surface area contributed by atoms with Crippen molar-refractivity contribution in [1.29, 1.82) is 0 Å². The van der Waals surface area contributed by atoms with Crippen molar-refractivity contribution in [3.63, 3.8) is 0 Å². The zero-order chi connectivity index (χ0) is 15.8. The second-order valence-corrected chi connectivity index (χ2v) is 4.76. The highest BCUT2D eigenvalue weighted by Gasteiger charge is 2.13. The number of aromatic nitrogens is 1. The monoisotopic (exact) mass is 304 g/mol. The van der Waals surface area contributed by atoms with Crippen molar-refractivity contribution < 1.29 is 18.8 Å². The van der Waals surface area contributed by atoms with Crippen molar-refractivity contribution in [3.8, 4) is 17.1 Å². The summed E-state index contributed by atoms with van der Waals surface area (Å²) in [6.07, 6.45) is 1.77. The van der Waals surface area contributed by atoms with Crippen molar-refractivity contribution in [1.82, 2.24) is 10.5 Å². The van der Waals surface area contributed by atoms with E-state index in [2.05, 4.69) is 10.5 Å². The first-order valence-electron chi connectivity index (χ1n) is 7.13. The molecule has 1 amide bonds. The third-order valence-electron chi connectivity index (χ3n) is 3.16. The molecule has 6 nitrogen and oxygen atoms in total. The van der Waals surface area contributed by atoms with Crippen molar-refractivity contribution in [2.75, 3.05) is 27.4 Å². The van der Waals surface area contributed by atoms with Gasteiger partial charge in [0.25, 0.3) is 5.91 Å². The number of hydrogen-bond donors (Lipinski definition) is 1. The first-order valence-corrected chi connectivity index (χ1v) is 7.13. The molecule has 6 heteroatoms. The Morgan fingerprint density at radius 1 is 1.27 bits per heavy atom. The zero-order valence-corrected chi connectivity index (χ0v) is 12.8. The standard InChI is InChI=1S/C16H20N2O4/c1-20-9-4-3-8-17-16(19)14-11-15(22-18-14)12-6-5-7-13(10-12)21-2/h5-7,10-11H,3-4,8-9H2,1-2H3,(H,17,19). The fourth-order valence-corrected chi connectivity index (χ4v) is 1.96. The van der Waals surface area contributed by atoms with Gasteiger partial charge in [-0.1, -0.05) is 17.3 Å². The Morgan fingerprint density at radius 2 is 2.14 bits per heavy atom. The largest absolute Gasteiger partial charge is 0.497 e. The van der Waals surface area contributed by atoms with Gasteiger partial charge >= 0.3 is 0 Å². The summed E-state index contributed by atoms with van der Waals surface area (Å²) in [5, 5.41) is 6.61. The van der Waals surface area contributed by atoms with Gasteiger partial charge < -0.3 is 19.3 Å². The number of amides is 1. The van der Waals surface area contributed by atoms with Crippen LogP contribution in [0.1, 0.15) is 23.3 Å². The molecular weight excluding hydrogens is 284 g/mol. The number of carbonyl (C=O) groups is 1. The maximum atomic E-state index is 12.0. The predicted octanol–water partition coefficient (Wildman–Crippen LogP) is 2.51. The Hall–Kier alpha value is -2.34. The number of unbranched alkanes of at least 4 members (excludes halogenated alkanes) is 1. The van der Waals surface area contributed by atoms with Crippen LogP contribution in [0.15, 0.2) is 34.9 Å². The van der Waals surface area contributed by atoms with E-state index >= 15 is 0 Å². The maximum Gasteiger partial charge on any atom is 0.273 e. The molecule has 1 N–H and O–H groups in total. The molecule has 118 valence electrons. The summed E-state index contributed by atoms with van der Waals surface area (Å²) in [5.74, 6) is 1.01. The van der Waals surface area contributed by atoms with Gasteiger partial charge in [0.05, 0.1) is 7.11 Å². The number of nitrogens with zero attached hydrogens (tertiary/aromatic N) is 1. The summed E-state index contributed by atoms with van der Waals surface area (Å²) in [5.41, 5.74) is 1.08. The van der Waals surface area contributed by atoms with E-state index in [1.54, 1.807) is 20.3 Å². The molecular formula is C16H20N2O4. The quantitative estimate of drug-likeness (QED) is 0.759. The molecule has 0 bridgehead atoms. The first-order chi connectivity index (χ1) is 10.7. The van der Waals surface area contributed by atoms with Gasteiger partial charge in [0.2, 0.25) is 0 Å². The van der Waals surface area contributed by atoms with Crippen LogP contribution in [0.4, 0.5) is 0 Å². The number of benzene rings is 1. The zero-order valence-electron chi connectivity index (χ0n) is 12.8. The summed E-state index contributed by atoms with van der Waals surface area (Å²) in [6.45, 7) is 1.28. The topological polar surface area (TPSA) is 73.6 Å². The molecule has 0 aliphatic carbocycles. The maximum absolute atomic E-state index is 12.0. The molecule has 0 unspecified atom stereocenters. The van der Waals surface area contributed by atoms with E-state index in [1.807, 2.05) is 24.3 Å². The van der Waals surface area contributed by atoms with E-state index in [0.717, 1.165) is 24.2 Å².